The molecule has 2 aromatic heterocycles. The number of nitrogens with one attached hydrogen (secondary N) is 2. The van der Waals surface area contributed by atoms with Gasteiger partial charge in [-0.25, -0.2) is 0 Å². The van der Waals surface area contributed by atoms with Crippen LogP contribution in [0.4, 0.5) is 0 Å². The van der Waals surface area contributed by atoms with Crippen LogP contribution in [0.2, 0.25) is 10.0 Å². The molecule has 0 bridgehead atoms. The third-order valence-electron chi connectivity index (χ3n) is 5.64. The number of aromatic nitrogens is 2. The van der Waals surface area contributed by atoms with E-state index in [1.54, 1.807) is 24.3 Å². The van der Waals surface area contributed by atoms with Gasteiger partial charge in [-0.3, -0.25) is 4.79 Å². The van der Waals surface area contributed by atoms with Crippen LogP contribution >= 0.6 is 23.2 Å². The highest BCUT2D eigenvalue weighted by Crippen LogP contribution is 2.29. The van der Waals surface area contributed by atoms with Crippen molar-refractivity contribution in [2.45, 2.75) is 20.3 Å². The summed E-state index contributed by atoms with van der Waals surface area (Å²) in [6.45, 7) is 4.28. The lowest BCUT2D eigenvalue weighted by molar-refractivity contribution is -0.117. The lowest BCUT2D eigenvalue weighted by Gasteiger charge is -2.12. The number of nitrogens with zero attached hydrogens (tertiary/aromatic N) is 2. The number of fused-ring (bicyclic) bond motifs is 1. The predicted molar refractivity (Wildman–Crippen MR) is 134 cm³/mol. The molecule has 5 nitrogen and oxygen atoms in total. The van der Waals surface area contributed by atoms with Gasteiger partial charge in [-0.2, -0.15) is 5.26 Å². The van der Waals surface area contributed by atoms with Crippen molar-refractivity contribution < 1.29 is 4.79 Å². The second kappa shape index (κ2) is 9.58. The molecular formula is C26H22Cl2N4O. The minimum absolute atomic E-state index is 0.0476. The first-order valence-corrected chi connectivity index (χ1v) is 11.2. The molecule has 4 rings (SSSR count). The van der Waals surface area contributed by atoms with Gasteiger partial charge in [0.25, 0.3) is 5.91 Å². The zero-order chi connectivity index (χ0) is 23.5. The van der Waals surface area contributed by atoms with Crippen molar-refractivity contribution in [3.05, 3.63) is 92.9 Å². The molecule has 0 aliphatic heterocycles. The SMILES string of the molecule is Cc1cc(/C=C(/C#N)C(=O)NCCc2c[nH]c3ccccc23)c(C)n1-c1cc(Cl)ccc1Cl. The number of hydrogen-bond donors (Lipinski definition) is 2. The number of benzene rings is 2. The first-order chi connectivity index (χ1) is 15.9. The molecule has 2 aromatic carbocycles. The Morgan fingerprint density at radius 1 is 1.18 bits per heavy atom. The van der Waals surface area contributed by atoms with Gasteiger partial charge in [0.1, 0.15) is 11.6 Å². The van der Waals surface area contributed by atoms with Gasteiger partial charge in [0.15, 0.2) is 0 Å². The highest BCUT2D eigenvalue weighted by molar-refractivity contribution is 6.34. The predicted octanol–water partition coefficient (Wildman–Crippen LogP) is 6.15. The maximum Gasteiger partial charge on any atom is 0.261 e. The monoisotopic (exact) mass is 476 g/mol. The minimum Gasteiger partial charge on any atom is -0.361 e. The summed E-state index contributed by atoms with van der Waals surface area (Å²) in [5, 5.41) is 14.7. The number of carbonyl (C=O) groups is 1. The quantitative estimate of drug-likeness (QED) is 0.258. The fourth-order valence-electron chi connectivity index (χ4n) is 4.01. The van der Waals surface area contributed by atoms with Crippen LogP contribution in [0.1, 0.15) is 22.5 Å². The number of carbonyl (C=O) groups excluding carboxylic acids is 1. The molecule has 4 aromatic rings. The molecule has 2 N–H and O–H groups in total. The Morgan fingerprint density at radius 3 is 2.76 bits per heavy atom. The molecule has 0 aliphatic rings. The van der Waals surface area contributed by atoms with Gasteiger partial charge in [0.2, 0.25) is 0 Å². The lowest BCUT2D eigenvalue weighted by atomic mass is 10.1. The summed E-state index contributed by atoms with van der Waals surface area (Å²) in [5.41, 5.74) is 5.52. The summed E-state index contributed by atoms with van der Waals surface area (Å²) in [7, 11) is 0. The molecule has 2 heterocycles. The van der Waals surface area contributed by atoms with Crippen molar-refractivity contribution in [2.24, 2.45) is 0 Å². The maximum absolute atomic E-state index is 12.7. The zero-order valence-corrected chi connectivity index (χ0v) is 19.8. The smallest absolute Gasteiger partial charge is 0.261 e. The second-order valence-corrected chi connectivity index (χ2v) is 8.64. The molecule has 0 spiro atoms. The first-order valence-electron chi connectivity index (χ1n) is 10.5. The van der Waals surface area contributed by atoms with Crippen LogP contribution in [0, 0.1) is 25.2 Å². The molecule has 0 unspecified atom stereocenters. The van der Waals surface area contributed by atoms with Crippen molar-refractivity contribution in [2.75, 3.05) is 6.54 Å². The van der Waals surface area contributed by atoms with Gasteiger partial charge >= 0.3 is 0 Å². The number of aromatic amines is 1. The molecule has 166 valence electrons. The van der Waals surface area contributed by atoms with E-state index in [1.165, 1.54) is 0 Å². The highest BCUT2D eigenvalue weighted by atomic mass is 35.5. The fraction of sp³-hybridized carbons (Fsp3) is 0.154. The van der Waals surface area contributed by atoms with Gasteiger partial charge in [0.05, 0.1) is 10.7 Å². The third-order valence-corrected chi connectivity index (χ3v) is 6.19. The van der Waals surface area contributed by atoms with E-state index in [4.69, 9.17) is 23.2 Å². The first kappa shape index (κ1) is 22.7. The van der Waals surface area contributed by atoms with Crippen molar-refractivity contribution in [3.63, 3.8) is 0 Å². The third kappa shape index (κ3) is 4.68. The van der Waals surface area contributed by atoms with Gasteiger partial charge < -0.3 is 14.9 Å². The Labute approximate surface area is 202 Å². The van der Waals surface area contributed by atoms with E-state index in [0.717, 1.165) is 39.1 Å². The van der Waals surface area contributed by atoms with Crippen LogP contribution in [0.3, 0.4) is 0 Å². The average molecular weight is 477 g/mol. The van der Waals surface area contributed by atoms with Gasteiger partial charge in [-0.05, 0) is 67.8 Å². The van der Waals surface area contributed by atoms with E-state index in [1.807, 2.05) is 61.0 Å². The van der Waals surface area contributed by atoms with Gasteiger partial charge in [0, 0.05) is 40.1 Å². The summed E-state index contributed by atoms with van der Waals surface area (Å²) in [4.78, 5) is 15.9. The number of rotatable bonds is 6. The molecule has 0 aliphatic carbocycles. The molecule has 1 amide bonds. The second-order valence-electron chi connectivity index (χ2n) is 7.79. The Morgan fingerprint density at radius 2 is 1.97 bits per heavy atom. The number of amides is 1. The summed E-state index contributed by atoms with van der Waals surface area (Å²) in [5.74, 6) is -0.400. The maximum atomic E-state index is 12.7. The summed E-state index contributed by atoms with van der Waals surface area (Å²) in [6.07, 6.45) is 4.22. The topological polar surface area (TPSA) is 73.6 Å². The molecule has 7 heteroatoms. The van der Waals surface area contributed by atoms with Crippen molar-refractivity contribution >= 4 is 46.1 Å². The van der Waals surface area contributed by atoms with E-state index < -0.39 is 5.91 Å². The Bertz CT molecular complexity index is 1420. The van der Waals surface area contributed by atoms with Crippen LogP contribution in [0.5, 0.6) is 0 Å². The van der Waals surface area contributed by atoms with Crippen LogP contribution in [-0.4, -0.2) is 22.0 Å². The lowest BCUT2D eigenvalue weighted by Crippen LogP contribution is -2.26. The molecule has 0 saturated heterocycles. The standard InChI is InChI=1S/C26H22Cl2N4O/c1-16-11-19(17(2)32(16)25-13-21(27)7-8-23(25)28)12-20(14-29)26(33)30-10-9-18-15-31-24-6-4-3-5-22(18)24/h3-8,11-13,15,31H,9-10H2,1-2H3,(H,30,33)/b20-12-. The molecule has 0 atom stereocenters. The highest BCUT2D eigenvalue weighted by Gasteiger charge is 2.15. The van der Waals surface area contributed by atoms with E-state index in [-0.39, 0.29) is 5.57 Å². The molecule has 0 fully saturated rings. The zero-order valence-electron chi connectivity index (χ0n) is 18.2. The van der Waals surface area contributed by atoms with Crippen LogP contribution < -0.4 is 5.32 Å². The number of aryl methyl sites for hydroxylation is 1. The Balaban J connectivity index is 1.52. The average Bonchev–Trinajstić information content (AvgIpc) is 3.33. The normalized spacial score (nSPS) is 11.5. The van der Waals surface area contributed by atoms with E-state index in [2.05, 4.69) is 10.3 Å². The minimum atomic E-state index is -0.400. The molecular weight excluding hydrogens is 455 g/mol. The van der Waals surface area contributed by atoms with Crippen LogP contribution in [0.15, 0.2) is 60.3 Å². The number of para-hydroxylation sites is 1. The molecule has 0 saturated carbocycles. The molecule has 0 radical (unpaired) electrons. The summed E-state index contributed by atoms with van der Waals surface area (Å²) in [6, 6.07) is 17.2. The van der Waals surface area contributed by atoms with Crippen molar-refractivity contribution in [1.29, 1.82) is 5.26 Å². The number of hydrogen-bond acceptors (Lipinski definition) is 2. The summed E-state index contributed by atoms with van der Waals surface area (Å²) >= 11 is 12.6. The van der Waals surface area contributed by atoms with E-state index in [0.29, 0.717) is 23.0 Å². The van der Waals surface area contributed by atoms with Crippen LogP contribution in [-0.2, 0) is 11.2 Å². The van der Waals surface area contributed by atoms with Gasteiger partial charge in [-0.1, -0.05) is 41.4 Å². The van der Waals surface area contributed by atoms with Crippen molar-refractivity contribution in [3.8, 4) is 11.8 Å². The van der Waals surface area contributed by atoms with Gasteiger partial charge in [-0.15, -0.1) is 0 Å². The largest absolute Gasteiger partial charge is 0.361 e. The number of nitriles is 1. The number of halogens is 2. The van der Waals surface area contributed by atoms with Crippen LogP contribution in [0.25, 0.3) is 22.7 Å². The number of H-pyrrole nitrogens is 1. The molecule has 33 heavy (non-hydrogen) atoms. The fourth-order valence-corrected chi connectivity index (χ4v) is 4.38. The Hall–Kier alpha value is -3.46. The van der Waals surface area contributed by atoms with E-state index >= 15 is 0 Å². The summed E-state index contributed by atoms with van der Waals surface area (Å²) < 4.78 is 1.96. The Kier molecular flexibility index (Phi) is 6.60. The van der Waals surface area contributed by atoms with Crippen molar-refractivity contribution in [1.82, 2.24) is 14.9 Å². The van der Waals surface area contributed by atoms with E-state index in [9.17, 15) is 10.1 Å².